The molecule has 0 unspecified atom stereocenters. The van der Waals surface area contributed by atoms with E-state index in [0.29, 0.717) is 18.8 Å². The van der Waals surface area contributed by atoms with Gasteiger partial charge in [-0.3, -0.25) is 4.79 Å². The number of fused-ring (bicyclic) bond motifs is 1. The predicted octanol–water partition coefficient (Wildman–Crippen LogP) is 2.71. The molecule has 0 aliphatic heterocycles. The molecule has 3 aromatic rings. The lowest BCUT2D eigenvalue weighted by atomic mass is 10.3. The zero-order valence-electron chi connectivity index (χ0n) is 16.0. The fourth-order valence-electron chi connectivity index (χ4n) is 2.63. The number of aromatic amines is 1. The molecule has 0 radical (unpaired) electrons. The lowest BCUT2D eigenvalue weighted by molar-refractivity contribution is -0.129. The number of nitrogens with one attached hydrogen (secondary N) is 1. The number of rotatable bonds is 8. The average molecular weight is 405 g/mol. The van der Waals surface area contributed by atoms with Crippen molar-refractivity contribution < 1.29 is 4.79 Å². The highest BCUT2D eigenvalue weighted by molar-refractivity contribution is 8.00. The number of imidazole rings is 1. The number of aromatic nitrogens is 4. The van der Waals surface area contributed by atoms with E-state index >= 15 is 0 Å². The molecule has 27 heavy (non-hydrogen) atoms. The Morgan fingerprint density at radius 1 is 1.22 bits per heavy atom. The molecular formula is C18H24N6OS2. The van der Waals surface area contributed by atoms with E-state index in [-0.39, 0.29) is 5.91 Å². The molecule has 1 amide bonds. The van der Waals surface area contributed by atoms with Crippen molar-refractivity contribution in [2.24, 2.45) is 0 Å². The van der Waals surface area contributed by atoms with Gasteiger partial charge in [0.1, 0.15) is 16.2 Å². The summed E-state index contributed by atoms with van der Waals surface area (Å²) in [5.41, 5.74) is 1.90. The summed E-state index contributed by atoms with van der Waals surface area (Å²) in [4.78, 5) is 35.1. The van der Waals surface area contributed by atoms with E-state index in [1.807, 2.05) is 25.9 Å². The Bertz CT molecular complexity index is 920. The molecule has 1 N–H and O–H groups in total. The van der Waals surface area contributed by atoms with Gasteiger partial charge in [0.15, 0.2) is 0 Å². The lowest BCUT2D eigenvalue weighted by Crippen LogP contribution is -2.37. The minimum Gasteiger partial charge on any atom is -0.348 e. The molecule has 0 saturated carbocycles. The lowest BCUT2D eigenvalue weighted by Gasteiger charge is -2.24. The van der Waals surface area contributed by atoms with Crippen LogP contribution in [0.2, 0.25) is 0 Å². The van der Waals surface area contributed by atoms with Crippen molar-refractivity contribution in [2.75, 3.05) is 32.9 Å². The number of nitrogens with zero attached hydrogens (tertiary/aromatic N) is 5. The van der Waals surface area contributed by atoms with Crippen molar-refractivity contribution in [3.63, 3.8) is 0 Å². The monoisotopic (exact) mass is 404 g/mol. The summed E-state index contributed by atoms with van der Waals surface area (Å²) in [6.07, 6.45) is 3.24. The van der Waals surface area contributed by atoms with Crippen molar-refractivity contribution in [1.82, 2.24) is 29.7 Å². The highest BCUT2D eigenvalue weighted by Crippen LogP contribution is 2.30. The molecule has 0 spiro atoms. The number of likely N-dealkylation sites (N-methyl/N-ethyl adjacent to an activating group) is 1. The summed E-state index contributed by atoms with van der Waals surface area (Å²) < 4.78 is 0. The predicted molar refractivity (Wildman–Crippen MR) is 110 cm³/mol. The molecule has 0 aromatic carbocycles. The Morgan fingerprint density at radius 3 is 2.74 bits per heavy atom. The third kappa shape index (κ3) is 5.06. The number of H-pyrrole nitrogens is 1. The second kappa shape index (κ2) is 8.81. The number of amides is 1. The van der Waals surface area contributed by atoms with Gasteiger partial charge in [0.05, 0.1) is 24.3 Å². The van der Waals surface area contributed by atoms with Crippen LogP contribution < -0.4 is 0 Å². The van der Waals surface area contributed by atoms with Crippen LogP contribution in [0.25, 0.3) is 10.2 Å². The first-order valence-electron chi connectivity index (χ1n) is 8.69. The van der Waals surface area contributed by atoms with Crippen molar-refractivity contribution in [3.05, 3.63) is 35.0 Å². The molecule has 0 bridgehead atoms. The van der Waals surface area contributed by atoms with Gasteiger partial charge in [-0.25, -0.2) is 15.0 Å². The maximum atomic E-state index is 12.9. The zero-order chi connectivity index (χ0) is 19.4. The molecule has 144 valence electrons. The Morgan fingerprint density at radius 2 is 2.04 bits per heavy atom. The van der Waals surface area contributed by atoms with Gasteiger partial charge in [-0.1, -0.05) is 11.8 Å². The molecular weight excluding hydrogens is 380 g/mol. The van der Waals surface area contributed by atoms with Gasteiger partial charge in [-0.2, -0.15) is 0 Å². The van der Waals surface area contributed by atoms with E-state index in [1.165, 1.54) is 16.6 Å². The van der Waals surface area contributed by atoms with Crippen LogP contribution in [-0.4, -0.2) is 68.6 Å². The van der Waals surface area contributed by atoms with Crippen LogP contribution in [0.4, 0.5) is 0 Å². The summed E-state index contributed by atoms with van der Waals surface area (Å²) in [6, 6.07) is 2.09. The first-order chi connectivity index (χ1) is 12.9. The maximum Gasteiger partial charge on any atom is 0.233 e. The highest BCUT2D eigenvalue weighted by Gasteiger charge is 2.18. The normalized spacial score (nSPS) is 11.4. The summed E-state index contributed by atoms with van der Waals surface area (Å²) in [6.45, 7) is 6.01. The Labute approximate surface area is 167 Å². The first-order valence-corrected chi connectivity index (χ1v) is 10.5. The molecule has 9 heteroatoms. The fourth-order valence-corrected chi connectivity index (χ4v) is 4.42. The van der Waals surface area contributed by atoms with Gasteiger partial charge < -0.3 is 14.8 Å². The molecule has 0 atom stereocenters. The molecule has 3 heterocycles. The Kier molecular flexibility index (Phi) is 6.46. The number of thiophene rings is 1. The smallest absolute Gasteiger partial charge is 0.233 e. The van der Waals surface area contributed by atoms with E-state index in [1.54, 1.807) is 24.0 Å². The average Bonchev–Trinajstić information content (AvgIpc) is 3.20. The van der Waals surface area contributed by atoms with Crippen LogP contribution in [0.15, 0.2) is 23.7 Å². The molecule has 0 fully saturated rings. The Hall–Kier alpha value is -1.97. The second-order valence-corrected chi connectivity index (χ2v) is 8.83. The number of hydrogen-bond donors (Lipinski definition) is 1. The van der Waals surface area contributed by atoms with Crippen molar-refractivity contribution in [1.29, 1.82) is 0 Å². The maximum absolute atomic E-state index is 12.9. The number of carbonyl (C=O) groups is 1. The Balaban J connectivity index is 1.70. The van der Waals surface area contributed by atoms with Gasteiger partial charge >= 0.3 is 0 Å². The number of carbonyl (C=O) groups excluding carboxylic acids is 1. The van der Waals surface area contributed by atoms with Gasteiger partial charge in [0.2, 0.25) is 5.91 Å². The summed E-state index contributed by atoms with van der Waals surface area (Å²) in [5.74, 6) is 0.431. The number of thioether (sulfide) groups is 1. The van der Waals surface area contributed by atoms with Gasteiger partial charge in [0, 0.05) is 29.0 Å². The first kappa shape index (κ1) is 19.8. The second-order valence-electron chi connectivity index (χ2n) is 6.64. The molecule has 0 aliphatic rings. The minimum atomic E-state index is 0.0861. The number of aryl methyl sites for hydroxylation is 2. The van der Waals surface area contributed by atoms with Crippen LogP contribution in [0.5, 0.6) is 0 Å². The summed E-state index contributed by atoms with van der Waals surface area (Å²) >= 11 is 3.12. The molecule has 3 aromatic heterocycles. The van der Waals surface area contributed by atoms with Crippen LogP contribution in [0.3, 0.4) is 0 Å². The molecule has 7 nitrogen and oxygen atoms in total. The van der Waals surface area contributed by atoms with Crippen molar-refractivity contribution in [2.45, 2.75) is 25.4 Å². The summed E-state index contributed by atoms with van der Waals surface area (Å²) in [7, 11) is 4.02. The third-order valence-corrected chi connectivity index (χ3v) is 6.14. The van der Waals surface area contributed by atoms with Crippen LogP contribution >= 0.6 is 23.1 Å². The third-order valence-electron chi connectivity index (χ3n) is 4.19. The summed E-state index contributed by atoms with van der Waals surface area (Å²) in [5, 5.41) is 1.89. The van der Waals surface area contributed by atoms with E-state index in [4.69, 9.17) is 0 Å². The SMILES string of the molecule is Cc1cc2c(SCC(=O)N(CCN(C)C)Cc3nc[nH]c3C)ncnc2s1. The zero-order valence-corrected chi connectivity index (χ0v) is 17.7. The molecule has 3 rings (SSSR count). The standard InChI is InChI=1S/C18H24N6OS2/c1-12-7-14-17(21-11-22-18(14)27-12)26-9-16(25)24(6-5-23(3)4)8-15-13(2)19-10-20-15/h7,10-11H,5-6,8-9H2,1-4H3,(H,19,20). The van der Waals surface area contributed by atoms with E-state index in [9.17, 15) is 4.79 Å². The van der Waals surface area contributed by atoms with Crippen LogP contribution in [-0.2, 0) is 11.3 Å². The van der Waals surface area contributed by atoms with Gasteiger partial charge in [-0.15, -0.1) is 11.3 Å². The van der Waals surface area contributed by atoms with E-state index in [0.717, 1.165) is 33.2 Å². The quantitative estimate of drug-likeness (QED) is 0.459. The van der Waals surface area contributed by atoms with Gasteiger partial charge in [-0.05, 0) is 34.0 Å². The largest absolute Gasteiger partial charge is 0.348 e. The highest BCUT2D eigenvalue weighted by atomic mass is 32.2. The fraction of sp³-hybridized carbons (Fsp3) is 0.444. The van der Waals surface area contributed by atoms with Crippen LogP contribution in [0.1, 0.15) is 16.3 Å². The molecule has 0 aliphatic carbocycles. The van der Waals surface area contributed by atoms with Crippen LogP contribution in [0, 0.1) is 13.8 Å². The van der Waals surface area contributed by atoms with Gasteiger partial charge in [0.25, 0.3) is 0 Å². The topological polar surface area (TPSA) is 78.0 Å². The molecule has 0 saturated heterocycles. The van der Waals surface area contributed by atoms with Crippen molar-refractivity contribution in [3.8, 4) is 0 Å². The minimum absolute atomic E-state index is 0.0861. The van der Waals surface area contributed by atoms with E-state index < -0.39 is 0 Å². The number of hydrogen-bond acceptors (Lipinski definition) is 7. The van der Waals surface area contributed by atoms with E-state index in [2.05, 4.69) is 37.8 Å². The van der Waals surface area contributed by atoms with Crippen molar-refractivity contribution >= 4 is 39.2 Å².